The van der Waals surface area contributed by atoms with Crippen molar-refractivity contribution in [3.63, 3.8) is 0 Å². The fraction of sp³-hybridized carbons (Fsp3) is 0.600. The van der Waals surface area contributed by atoms with Gasteiger partial charge < -0.3 is 38.0 Å². The average Bonchev–Trinajstić information content (AvgIpc) is 2.13. The molecule has 0 aliphatic rings. The summed E-state index contributed by atoms with van der Waals surface area (Å²) in [5, 5.41) is 29.7. The van der Waals surface area contributed by atoms with Gasteiger partial charge in [0.15, 0.2) is 0 Å². The lowest BCUT2D eigenvalue weighted by Gasteiger charge is -1.72. The second kappa shape index (κ2) is 36.1. The van der Waals surface area contributed by atoms with Gasteiger partial charge in [-0.25, -0.2) is 0 Å². The van der Waals surface area contributed by atoms with E-state index in [1.165, 1.54) is 0 Å². The Morgan fingerprint density at radius 3 is 0.667 bits per heavy atom. The molecule has 0 unspecified atom stereocenters. The minimum Gasteiger partial charge on any atom is -0.481 e. The van der Waals surface area contributed by atoms with Gasteiger partial charge in [0.2, 0.25) is 0 Å². The molecule has 21 heavy (non-hydrogen) atoms. The van der Waals surface area contributed by atoms with Crippen LogP contribution in [0.15, 0.2) is 0 Å². The van der Waals surface area contributed by atoms with Crippen LogP contribution in [0.2, 0.25) is 0 Å². The molecule has 0 amide bonds. The maximum atomic E-state index is 9.00. The maximum absolute atomic E-state index is 9.00. The molecule has 0 saturated heterocycles. The van der Waals surface area contributed by atoms with Crippen molar-refractivity contribution in [1.82, 2.24) is 6.15 Å². The summed E-state index contributed by atoms with van der Waals surface area (Å²) >= 11 is 0. The van der Waals surface area contributed by atoms with Crippen molar-refractivity contribution >= 4 is 23.9 Å². The van der Waals surface area contributed by atoms with Crippen LogP contribution >= 0.6 is 0 Å². The number of carbonyl (C=O) groups is 4. The largest absolute Gasteiger partial charge is 0.481 e. The minimum absolute atomic E-state index is 0. The van der Waals surface area contributed by atoms with Gasteiger partial charge in [-0.05, 0) is 0 Å². The number of hydrogen-bond acceptors (Lipinski definition) is 7. The lowest BCUT2D eigenvalue weighted by atomic mass is 10.7. The Bertz CT molecular complexity index is 193. The number of aliphatic carboxylic acids is 4. The van der Waals surface area contributed by atoms with Crippen LogP contribution in [0.4, 0.5) is 0 Å². The van der Waals surface area contributed by atoms with Gasteiger partial charge in [0.25, 0.3) is 23.9 Å². The predicted molar refractivity (Wildman–Crippen MR) is 76.4 cm³/mol. The van der Waals surface area contributed by atoms with Gasteiger partial charge in [-0.15, -0.1) is 0 Å². The summed E-state index contributed by atoms with van der Waals surface area (Å²) in [5.74, 6) is -3.33. The topological polar surface area (TPSA) is 236 Å². The van der Waals surface area contributed by atoms with E-state index in [0.29, 0.717) is 13.1 Å². The number of hydrogen-bond donors (Lipinski definition) is 7. The Morgan fingerprint density at radius 1 is 0.619 bits per heavy atom. The smallest absolute Gasteiger partial charge is 0.300 e. The molecule has 0 atom stereocenters. The fourth-order valence-corrected chi connectivity index (χ4v) is 0. The van der Waals surface area contributed by atoms with Crippen LogP contribution in [0, 0.1) is 0 Å². The van der Waals surface area contributed by atoms with Gasteiger partial charge >= 0.3 is 0 Å². The Kier molecular flexibility index (Phi) is 62.4. The molecule has 0 radical (unpaired) electrons. The van der Waals surface area contributed by atoms with Crippen LogP contribution in [0.1, 0.15) is 27.7 Å². The molecule has 0 saturated carbocycles. The lowest BCUT2D eigenvalue weighted by Crippen LogP contribution is -2.11. The maximum Gasteiger partial charge on any atom is 0.300 e. The number of carboxylic acids is 4. The molecule has 0 spiro atoms. The molecule has 11 nitrogen and oxygen atoms in total. The Labute approximate surface area is 123 Å². The molecule has 0 aromatic carbocycles. The molecular weight excluding hydrogens is 290 g/mol. The van der Waals surface area contributed by atoms with Gasteiger partial charge in [-0.3, -0.25) is 19.2 Å². The number of rotatable bonds is 1. The Hall–Kier alpha value is -2.24. The summed E-state index contributed by atoms with van der Waals surface area (Å²) in [5.41, 5.74) is 9.81. The summed E-state index contributed by atoms with van der Waals surface area (Å²) < 4.78 is 0. The summed E-state index contributed by atoms with van der Waals surface area (Å²) in [7, 11) is 0. The van der Waals surface area contributed by atoms with Crippen molar-refractivity contribution in [2.45, 2.75) is 27.7 Å². The Morgan fingerprint density at radius 2 is 0.667 bits per heavy atom. The molecule has 0 fully saturated rings. The van der Waals surface area contributed by atoms with E-state index in [4.69, 9.17) is 51.1 Å². The van der Waals surface area contributed by atoms with Crippen LogP contribution in [0.5, 0.6) is 0 Å². The highest BCUT2D eigenvalue weighted by atomic mass is 16.4. The minimum atomic E-state index is -0.833. The molecule has 0 heterocycles. The monoisotopic (exact) mass is 317 g/mol. The van der Waals surface area contributed by atoms with Crippen molar-refractivity contribution < 1.29 is 39.6 Å². The zero-order valence-corrected chi connectivity index (χ0v) is 12.7. The number of nitrogens with two attached hydrogens (primary N) is 2. The van der Waals surface area contributed by atoms with E-state index in [9.17, 15) is 0 Å². The van der Waals surface area contributed by atoms with Crippen molar-refractivity contribution in [3.8, 4) is 0 Å². The lowest BCUT2D eigenvalue weighted by molar-refractivity contribution is -0.135. The third-order valence-corrected chi connectivity index (χ3v) is 0.167. The second-order valence-electron chi connectivity index (χ2n) is 2.65. The van der Waals surface area contributed by atoms with Crippen molar-refractivity contribution in [2.24, 2.45) is 11.5 Å². The molecule has 0 rings (SSSR count). The van der Waals surface area contributed by atoms with Crippen molar-refractivity contribution in [2.75, 3.05) is 13.1 Å². The highest BCUT2D eigenvalue weighted by Crippen LogP contribution is 1.43. The van der Waals surface area contributed by atoms with Crippen LogP contribution in [0.3, 0.4) is 0 Å². The predicted octanol–water partition coefficient (Wildman–Crippen LogP) is -0.571. The van der Waals surface area contributed by atoms with Gasteiger partial charge in [0, 0.05) is 40.8 Å². The van der Waals surface area contributed by atoms with E-state index in [1.54, 1.807) is 0 Å². The fourth-order valence-electron chi connectivity index (χ4n) is 0. The van der Waals surface area contributed by atoms with Crippen molar-refractivity contribution in [1.29, 1.82) is 0 Å². The average molecular weight is 317 g/mol. The second-order valence-corrected chi connectivity index (χ2v) is 2.65. The highest BCUT2D eigenvalue weighted by Gasteiger charge is 1.66. The summed E-state index contributed by atoms with van der Waals surface area (Å²) in [6.45, 7) is 5.53. The van der Waals surface area contributed by atoms with Crippen LogP contribution in [-0.4, -0.2) is 57.4 Å². The first-order valence-corrected chi connectivity index (χ1v) is 5.03. The number of carboxylic acid groups (broad SMARTS) is 4. The first-order chi connectivity index (χ1) is 8.84. The third kappa shape index (κ3) is 2870. The summed E-state index contributed by atoms with van der Waals surface area (Å²) in [6, 6.07) is 0. The molecule has 130 valence electrons. The van der Waals surface area contributed by atoms with E-state index in [-0.39, 0.29) is 6.15 Å². The SMILES string of the molecule is CC(=O)O.CC(=O)O.CC(=O)O.CC(=O)O.N.NCCN. The van der Waals surface area contributed by atoms with Gasteiger partial charge in [-0.2, -0.15) is 0 Å². The standard InChI is InChI=1S/C2H8N2.4C2H4O2.H3N/c3-1-2-4;4*1-2(3)4;/h1-4H2;4*1H3,(H,3,4);1H3. The zero-order valence-electron chi connectivity index (χ0n) is 12.7. The van der Waals surface area contributed by atoms with E-state index in [2.05, 4.69) is 0 Å². The molecule has 11 heteroatoms. The normalized spacial score (nSPS) is 6.19. The first-order valence-electron chi connectivity index (χ1n) is 5.03. The summed E-state index contributed by atoms with van der Waals surface area (Å²) in [4.78, 5) is 36.0. The molecular formula is C10H27N3O8. The molecule has 0 aromatic rings. The van der Waals surface area contributed by atoms with Gasteiger partial charge in [-0.1, -0.05) is 0 Å². The first kappa shape index (κ1) is 36.3. The molecule has 0 aromatic heterocycles. The Balaban J connectivity index is -0.0000000331. The molecule has 11 N–H and O–H groups in total. The zero-order chi connectivity index (χ0) is 17.7. The van der Waals surface area contributed by atoms with Gasteiger partial charge in [0.1, 0.15) is 0 Å². The van der Waals surface area contributed by atoms with Crippen LogP contribution in [0.25, 0.3) is 0 Å². The molecule has 0 aliphatic carbocycles. The summed E-state index contributed by atoms with van der Waals surface area (Å²) in [6.07, 6.45) is 0. The van der Waals surface area contributed by atoms with Crippen LogP contribution in [-0.2, 0) is 19.2 Å². The van der Waals surface area contributed by atoms with Crippen molar-refractivity contribution in [3.05, 3.63) is 0 Å². The van der Waals surface area contributed by atoms with E-state index < -0.39 is 23.9 Å². The van der Waals surface area contributed by atoms with E-state index >= 15 is 0 Å². The third-order valence-electron chi connectivity index (χ3n) is 0.167. The quantitative estimate of drug-likeness (QED) is 0.323. The highest BCUT2D eigenvalue weighted by molar-refractivity contribution is 5.63. The molecule has 0 bridgehead atoms. The van der Waals surface area contributed by atoms with E-state index in [1.807, 2.05) is 0 Å². The molecule has 0 aliphatic heterocycles. The van der Waals surface area contributed by atoms with Crippen LogP contribution < -0.4 is 17.6 Å². The van der Waals surface area contributed by atoms with Gasteiger partial charge in [0.05, 0.1) is 0 Å². The van der Waals surface area contributed by atoms with E-state index in [0.717, 1.165) is 27.7 Å².